The Kier molecular flexibility index (Phi) is 13.8. The number of Topliss-reactive ketones (excluding diaryl/α,β-unsaturated/α-hetero) is 2. The van der Waals surface area contributed by atoms with Gasteiger partial charge in [-0.15, -0.1) is 0 Å². The van der Waals surface area contributed by atoms with Crippen LogP contribution < -0.4 is 16.0 Å². The van der Waals surface area contributed by atoms with Crippen LogP contribution in [0.25, 0.3) is 0 Å². The maximum absolute atomic E-state index is 12.2. The smallest absolute Gasteiger partial charge is 0.315 e. The molecule has 0 bridgehead atoms. The lowest BCUT2D eigenvalue weighted by molar-refractivity contribution is -0.119. The number of nitrogens with one attached hydrogen (secondary N) is 3. The largest absolute Gasteiger partial charge is 0.352 e. The Bertz CT molecular complexity index is 931. The molecule has 0 aliphatic carbocycles. The molecule has 2 aliphatic heterocycles. The third-order valence-electron chi connectivity index (χ3n) is 6.73. The lowest BCUT2D eigenvalue weighted by atomic mass is 10.0. The van der Waals surface area contributed by atoms with Crippen molar-refractivity contribution in [3.8, 4) is 0 Å². The van der Waals surface area contributed by atoms with E-state index in [1.54, 1.807) is 33.9 Å². The first-order valence-corrected chi connectivity index (χ1v) is 17.2. The lowest BCUT2D eigenvalue weighted by Gasteiger charge is -2.16. The maximum atomic E-state index is 12.2. The highest BCUT2D eigenvalue weighted by atomic mass is 33.1. The number of unbranched alkanes of at least 4 members (excludes halogenated alkanes) is 1. The molecule has 0 saturated carbocycles. The predicted octanol–water partition coefficient (Wildman–Crippen LogP) is 4.57. The number of rotatable bonds is 19. The van der Waals surface area contributed by atoms with Crippen molar-refractivity contribution in [2.24, 2.45) is 0 Å². The number of fused-ring (bicyclic) bond motifs is 1. The molecular weight excluding hydrogens is 541 g/mol. The average Bonchev–Trinajstić information content (AvgIpc) is 3.47. The Balaban J connectivity index is 1.09. The summed E-state index contributed by atoms with van der Waals surface area (Å²) >= 11 is 1.92. The highest BCUT2D eigenvalue weighted by molar-refractivity contribution is 8.76. The predicted molar refractivity (Wildman–Crippen MR) is 158 cm³/mol. The first-order chi connectivity index (χ1) is 18.5. The van der Waals surface area contributed by atoms with E-state index < -0.39 is 0 Å². The molecule has 3 atom stereocenters. The van der Waals surface area contributed by atoms with Crippen LogP contribution in [-0.2, 0) is 16.0 Å². The zero-order valence-electron chi connectivity index (χ0n) is 22.2. The molecule has 1 aromatic heterocycles. The number of ketones is 2. The zero-order valence-corrected chi connectivity index (χ0v) is 24.6. The second-order valence-electron chi connectivity index (χ2n) is 9.69. The van der Waals surface area contributed by atoms with Crippen molar-refractivity contribution in [2.45, 2.75) is 88.5 Å². The Morgan fingerprint density at radius 2 is 1.76 bits per heavy atom. The molecule has 3 heterocycles. The number of aryl methyl sites for hydroxylation is 1. The van der Waals surface area contributed by atoms with Gasteiger partial charge in [0, 0.05) is 66.6 Å². The van der Waals surface area contributed by atoms with Crippen molar-refractivity contribution in [3.63, 3.8) is 0 Å². The van der Waals surface area contributed by atoms with E-state index in [-0.39, 0.29) is 29.8 Å². The molecule has 2 aliphatic rings. The summed E-state index contributed by atoms with van der Waals surface area (Å²) in [6.07, 6.45) is 9.21. The number of pyridine rings is 1. The topological polar surface area (TPSA) is 117 Å². The minimum absolute atomic E-state index is 0.0480. The van der Waals surface area contributed by atoms with Crippen LogP contribution in [0.3, 0.4) is 0 Å². The number of carbonyl (C=O) groups excluding carboxylic acids is 4. The minimum Gasteiger partial charge on any atom is -0.352 e. The number of amides is 3. The van der Waals surface area contributed by atoms with Crippen LogP contribution >= 0.6 is 33.3 Å². The van der Waals surface area contributed by atoms with Gasteiger partial charge in [0.25, 0.3) is 5.91 Å². The van der Waals surface area contributed by atoms with Gasteiger partial charge in [0.05, 0.1) is 17.6 Å². The number of hydrogen-bond acceptors (Lipinski definition) is 8. The summed E-state index contributed by atoms with van der Waals surface area (Å²) in [6, 6.07) is 4.09. The molecule has 38 heavy (non-hydrogen) atoms. The van der Waals surface area contributed by atoms with Gasteiger partial charge in [-0.05, 0) is 44.2 Å². The molecule has 2 fully saturated rings. The van der Waals surface area contributed by atoms with Crippen molar-refractivity contribution in [2.75, 3.05) is 23.8 Å². The Morgan fingerprint density at radius 3 is 2.55 bits per heavy atom. The van der Waals surface area contributed by atoms with Gasteiger partial charge >= 0.3 is 6.03 Å². The van der Waals surface area contributed by atoms with E-state index >= 15 is 0 Å². The molecule has 3 N–H and O–H groups in total. The Morgan fingerprint density at radius 1 is 1.00 bits per heavy atom. The molecule has 3 rings (SSSR count). The van der Waals surface area contributed by atoms with E-state index in [0.717, 1.165) is 55.1 Å². The Labute approximate surface area is 238 Å². The van der Waals surface area contributed by atoms with Crippen LogP contribution in [0.5, 0.6) is 0 Å². The number of carbonyl (C=O) groups is 4. The van der Waals surface area contributed by atoms with E-state index in [1.807, 2.05) is 24.8 Å². The van der Waals surface area contributed by atoms with E-state index in [1.165, 1.54) is 0 Å². The van der Waals surface area contributed by atoms with Gasteiger partial charge in [-0.1, -0.05) is 34.9 Å². The van der Waals surface area contributed by atoms with E-state index in [0.29, 0.717) is 55.2 Å². The second-order valence-corrected chi connectivity index (χ2v) is 13.7. The molecule has 210 valence electrons. The summed E-state index contributed by atoms with van der Waals surface area (Å²) < 4.78 is 0. The Hall–Kier alpha value is -1.72. The number of aromatic nitrogens is 1. The highest BCUT2D eigenvalue weighted by Crippen LogP contribution is 2.33. The summed E-state index contributed by atoms with van der Waals surface area (Å²) in [6.45, 7) is 2.50. The molecule has 3 amide bonds. The van der Waals surface area contributed by atoms with Crippen LogP contribution in [0.4, 0.5) is 4.79 Å². The normalized spacial score (nSPS) is 20.0. The number of hydrogen-bond donors (Lipinski definition) is 3. The van der Waals surface area contributed by atoms with Gasteiger partial charge in [-0.25, -0.2) is 4.79 Å². The molecule has 3 unspecified atom stereocenters. The summed E-state index contributed by atoms with van der Waals surface area (Å²) in [5.74, 6) is 3.06. The van der Waals surface area contributed by atoms with E-state index in [4.69, 9.17) is 0 Å². The highest BCUT2D eigenvalue weighted by Gasteiger charge is 2.42. The lowest BCUT2D eigenvalue weighted by Crippen LogP contribution is -2.36. The van der Waals surface area contributed by atoms with Gasteiger partial charge in [0.1, 0.15) is 11.6 Å². The van der Waals surface area contributed by atoms with Crippen molar-refractivity contribution in [1.29, 1.82) is 0 Å². The quantitative estimate of drug-likeness (QED) is 0.124. The van der Waals surface area contributed by atoms with Crippen LogP contribution in [0.2, 0.25) is 0 Å². The van der Waals surface area contributed by atoms with Gasteiger partial charge < -0.3 is 16.0 Å². The van der Waals surface area contributed by atoms with Gasteiger partial charge in [0.15, 0.2) is 0 Å². The third kappa shape index (κ3) is 10.8. The third-order valence-corrected chi connectivity index (χ3v) is 10.7. The first-order valence-electron chi connectivity index (χ1n) is 13.7. The molecule has 8 nitrogen and oxygen atoms in total. The summed E-state index contributed by atoms with van der Waals surface area (Å²) in [5, 5.41) is 9.28. The summed E-state index contributed by atoms with van der Waals surface area (Å²) in [7, 11) is 3.42. The van der Waals surface area contributed by atoms with Crippen molar-refractivity contribution in [1.82, 2.24) is 20.9 Å². The van der Waals surface area contributed by atoms with Crippen molar-refractivity contribution < 1.29 is 19.2 Å². The van der Waals surface area contributed by atoms with Crippen LogP contribution in [-0.4, -0.2) is 69.6 Å². The fraction of sp³-hybridized carbons (Fsp3) is 0.667. The molecule has 11 heteroatoms. The molecule has 2 saturated heterocycles. The first kappa shape index (κ1) is 30.8. The van der Waals surface area contributed by atoms with Gasteiger partial charge in [-0.3, -0.25) is 19.4 Å². The number of thioether (sulfide) groups is 1. The SMILES string of the molecule is CCc1ccc(C(=O)NCCCC(=O)CCSSCCCC(=O)CCCCC2SCC3NC(=O)NC32)cn1. The van der Waals surface area contributed by atoms with E-state index in [2.05, 4.69) is 20.9 Å². The molecular formula is C27H40N4O4S3. The summed E-state index contributed by atoms with van der Waals surface area (Å²) in [4.78, 5) is 52.0. The fourth-order valence-corrected chi connectivity index (χ4v) is 8.18. The van der Waals surface area contributed by atoms with Gasteiger partial charge in [-0.2, -0.15) is 11.8 Å². The number of urea groups is 1. The number of nitrogens with zero attached hydrogens (tertiary/aromatic N) is 1. The van der Waals surface area contributed by atoms with Crippen LogP contribution in [0, 0.1) is 0 Å². The fourth-order valence-electron chi connectivity index (χ4n) is 4.52. The zero-order chi connectivity index (χ0) is 27.2. The molecule has 0 aromatic carbocycles. The molecule has 0 radical (unpaired) electrons. The van der Waals surface area contributed by atoms with Gasteiger partial charge in [0.2, 0.25) is 0 Å². The monoisotopic (exact) mass is 580 g/mol. The summed E-state index contributed by atoms with van der Waals surface area (Å²) in [5.41, 5.74) is 1.50. The molecule has 0 spiro atoms. The standard InChI is InChI=1S/C27H40N4O4S3/c1-2-20-12-11-19(17-29-20)26(34)28-14-5-8-22(33)13-16-38-37-15-6-9-21(32)7-3-4-10-24-25-23(18-36-24)30-27(35)31-25/h11-12,17,23-25H,2-10,13-16,18H2,1H3,(H,28,34)(H2,30,31,35). The van der Waals surface area contributed by atoms with Crippen LogP contribution in [0.1, 0.15) is 80.8 Å². The second kappa shape index (κ2) is 17.1. The van der Waals surface area contributed by atoms with Crippen LogP contribution in [0.15, 0.2) is 18.3 Å². The molecule has 1 aromatic rings. The van der Waals surface area contributed by atoms with Crippen molar-refractivity contribution in [3.05, 3.63) is 29.6 Å². The maximum Gasteiger partial charge on any atom is 0.315 e. The van der Waals surface area contributed by atoms with Crippen molar-refractivity contribution >= 4 is 56.9 Å². The van der Waals surface area contributed by atoms with E-state index in [9.17, 15) is 19.2 Å². The minimum atomic E-state index is -0.155. The average molecular weight is 581 g/mol.